The lowest BCUT2D eigenvalue weighted by atomic mass is 10.4. The van der Waals surface area contributed by atoms with Crippen LogP contribution in [0.1, 0.15) is 67.2 Å². The summed E-state index contributed by atoms with van der Waals surface area (Å²) in [5.74, 6) is 0. The van der Waals surface area contributed by atoms with Gasteiger partial charge in [0.1, 0.15) is 0 Å². The van der Waals surface area contributed by atoms with Gasteiger partial charge in [-0.05, 0) is 84.1 Å². The Kier molecular flexibility index (Phi) is 11.3. The van der Waals surface area contributed by atoms with Gasteiger partial charge in [-0.3, -0.25) is 0 Å². The zero-order chi connectivity index (χ0) is 19.0. The maximum atomic E-state index is 3.02. The highest BCUT2D eigenvalue weighted by Crippen LogP contribution is 2.29. The molecule has 0 aliphatic rings. The van der Waals surface area contributed by atoms with Crippen LogP contribution in [0.5, 0.6) is 0 Å². The van der Waals surface area contributed by atoms with Gasteiger partial charge >= 0.3 is 0 Å². The second kappa shape index (κ2) is 11.1. The Balaban J connectivity index is 5.78. The van der Waals surface area contributed by atoms with E-state index in [1.165, 1.54) is 51.9 Å². The molecule has 0 aromatic rings. The van der Waals surface area contributed by atoms with E-state index in [9.17, 15) is 0 Å². The first kappa shape index (κ1) is 24.3. The maximum Gasteiger partial charge on any atom is 0.194 e. The second-order valence-electron chi connectivity index (χ2n) is 8.43. The zero-order valence-electron chi connectivity index (χ0n) is 18.6. The first-order valence-electron chi connectivity index (χ1n) is 10.4. The minimum Gasteiger partial charge on any atom is -0.319 e. The van der Waals surface area contributed by atoms with Gasteiger partial charge in [-0.2, -0.15) is 0 Å². The van der Waals surface area contributed by atoms with Crippen molar-refractivity contribution in [1.29, 1.82) is 0 Å². The molecule has 0 unspecified atom stereocenters. The van der Waals surface area contributed by atoms with Crippen molar-refractivity contribution >= 4 is 16.8 Å². The van der Waals surface area contributed by atoms with Crippen molar-refractivity contribution in [3.63, 3.8) is 0 Å². The molecule has 0 spiro atoms. The van der Waals surface area contributed by atoms with Gasteiger partial charge in [0.15, 0.2) is 16.8 Å². The monoisotopic (exact) mass is 373 g/mol. The van der Waals surface area contributed by atoms with Crippen molar-refractivity contribution < 1.29 is 0 Å². The van der Waals surface area contributed by atoms with Crippen molar-refractivity contribution in [2.24, 2.45) is 0 Å². The van der Waals surface area contributed by atoms with E-state index in [-0.39, 0.29) is 0 Å². The fourth-order valence-corrected chi connectivity index (χ4v) is 17.1. The van der Waals surface area contributed by atoms with E-state index in [0.717, 1.165) is 0 Å². The van der Waals surface area contributed by atoms with Gasteiger partial charge in [0.2, 0.25) is 0 Å². The van der Waals surface area contributed by atoms with E-state index in [4.69, 9.17) is 0 Å². The second-order valence-corrected chi connectivity index (χ2v) is 17.1. The number of hydrogen-bond acceptors (Lipinski definition) is 3. The van der Waals surface area contributed by atoms with Crippen LogP contribution in [-0.4, -0.2) is 62.4 Å². The molecule has 0 aromatic carbocycles. The summed E-state index contributed by atoms with van der Waals surface area (Å²) in [6, 6.07) is 0.626. The highest BCUT2D eigenvalue weighted by molar-refractivity contribution is 6.88. The Morgan fingerprint density at radius 3 is 1.00 bits per heavy atom. The molecule has 0 bridgehead atoms. The summed E-state index contributed by atoms with van der Waals surface area (Å²) in [7, 11) is -3.27. The fourth-order valence-electron chi connectivity index (χ4n) is 4.64. The van der Waals surface area contributed by atoms with Crippen LogP contribution in [0.25, 0.3) is 0 Å². The molecule has 0 aliphatic carbocycles. The molecule has 0 saturated carbocycles. The summed E-state index contributed by atoms with van der Waals surface area (Å²) in [6.45, 7) is 29.6. The largest absolute Gasteiger partial charge is 0.319 e. The van der Waals surface area contributed by atoms with E-state index in [1.54, 1.807) is 0 Å². The average molecular weight is 374 g/mol. The molecule has 0 heterocycles. The summed E-state index contributed by atoms with van der Waals surface area (Å²) in [5, 5.41) is 0. The average Bonchev–Trinajstić information content (AvgIpc) is 2.45. The maximum absolute atomic E-state index is 3.02. The van der Waals surface area contributed by atoms with Gasteiger partial charge in [0, 0.05) is 0 Å². The summed E-state index contributed by atoms with van der Waals surface area (Å²) in [6.07, 6.45) is 5.05. The molecule has 0 radical (unpaired) electrons. The molecule has 3 nitrogen and oxygen atoms in total. The Morgan fingerprint density at radius 2 is 0.833 bits per heavy atom. The topological polar surface area (TPSA) is 9.72 Å². The number of rotatable bonds is 13. The third-order valence-corrected chi connectivity index (χ3v) is 15.9. The van der Waals surface area contributed by atoms with Crippen LogP contribution in [0, 0.1) is 0 Å². The van der Waals surface area contributed by atoms with Gasteiger partial charge < -0.3 is 13.4 Å². The molecule has 0 fully saturated rings. The predicted molar refractivity (Wildman–Crippen MR) is 116 cm³/mol. The van der Waals surface area contributed by atoms with Crippen LogP contribution >= 0.6 is 0 Å². The van der Waals surface area contributed by atoms with Crippen molar-refractivity contribution in [2.75, 3.05) is 26.2 Å². The molecule has 5 heteroatoms. The summed E-state index contributed by atoms with van der Waals surface area (Å²) >= 11 is 0. The third-order valence-electron chi connectivity index (χ3n) is 5.22. The van der Waals surface area contributed by atoms with Crippen molar-refractivity contribution in [1.82, 2.24) is 13.4 Å². The van der Waals surface area contributed by atoms with Gasteiger partial charge in [-0.1, -0.05) is 41.5 Å². The molecule has 24 heavy (non-hydrogen) atoms. The molecule has 0 atom stereocenters. The highest BCUT2D eigenvalue weighted by Gasteiger charge is 2.48. The third kappa shape index (κ3) is 6.24. The van der Waals surface area contributed by atoms with Crippen molar-refractivity contribution in [2.45, 2.75) is 99.5 Å². The van der Waals surface area contributed by atoms with Crippen LogP contribution in [-0.2, 0) is 0 Å². The van der Waals surface area contributed by atoms with Gasteiger partial charge in [-0.15, -0.1) is 0 Å². The van der Waals surface area contributed by atoms with E-state index in [2.05, 4.69) is 81.1 Å². The van der Waals surface area contributed by atoms with Gasteiger partial charge in [0.05, 0.1) is 0 Å². The first-order valence-corrected chi connectivity index (χ1v) is 16.2. The summed E-state index contributed by atoms with van der Waals surface area (Å²) in [5.41, 5.74) is 0. The van der Waals surface area contributed by atoms with Crippen molar-refractivity contribution in [3.8, 4) is 0 Å². The molecule has 0 aliphatic heterocycles. The van der Waals surface area contributed by atoms with E-state index < -0.39 is 16.8 Å². The van der Waals surface area contributed by atoms with Crippen LogP contribution in [0.3, 0.4) is 0 Å². The van der Waals surface area contributed by atoms with E-state index in [0.29, 0.717) is 6.04 Å². The molecular formula is C19H47N3Si2. The summed E-state index contributed by atoms with van der Waals surface area (Å²) in [4.78, 5) is 0. The molecule has 0 aromatic heterocycles. The Hall–Kier alpha value is 0.314. The lowest BCUT2D eigenvalue weighted by molar-refractivity contribution is 0.319. The smallest absolute Gasteiger partial charge is 0.194 e. The lowest BCUT2D eigenvalue weighted by Gasteiger charge is -2.56. The minimum atomic E-state index is -1.64. The number of nitrogens with zero attached hydrogens (tertiary/aromatic N) is 3. The lowest BCUT2D eigenvalue weighted by Crippen LogP contribution is -2.76. The molecule has 146 valence electrons. The zero-order valence-corrected chi connectivity index (χ0v) is 20.6. The predicted octanol–water partition coefficient (Wildman–Crippen LogP) is 5.34. The molecular weight excluding hydrogens is 326 g/mol. The van der Waals surface area contributed by atoms with E-state index >= 15 is 0 Å². The van der Waals surface area contributed by atoms with Gasteiger partial charge in [-0.25, -0.2) is 0 Å². The van der Waals surface area contributed by atoms with Crippen molar-refractivity contribution in [3.05, 3.63) is 0 Å². The normalized spacial score (nSPS) is 13.8. The van der Waals surface area contributed by atoms with Crippen LogP contribution in [0.2, 0.25) is 26.2 Å². The summed E-state index contributed by atoms with van der Waals surface area (Å²) < 4.78 is 8.74. The number of hydrogen-bond donors (Lipinski definition) is 0. The molecule has 0 N–H and O–H groups in total. The fraction of sp³-hybridized carbons (Fsp3) is 1.00. The SMILES string of the molecule is CCCN(CCC)[Si](C)(C)N(C(C)C)[Si](C)(C)N(CCC)CCC. The first-order chi connectivity index (χ1) is 11.1. The van der Waals surface area contributed by atoms with E-state index in [1.807, 2.05) is 0 Å². The highest BCUT2D eigenvalue weighted by atomic mass is 28.4. The Labute approximate surface area is 156 Å². The molecule has 0 rings (SSSR count). The molecule has 0 amide bonds. The quantitative estimate of drug-likeness (QED) is 0.403. The molecule has 0 saturated heterocycles. The van der Waals surface area contributed by atoms with Crippen LogP contribution in [0.15, 0.2) is 0 Å². The Morgan fingerprint density at radius 1 is 0.583 bits per heavy atom. The van der Waals surface area contributed by atoms with Crippen LogP contribution in [0.4, 0.5) is 0 Å². The van der Waals surface area contributed by atoms with Gasteiger partial charge in [0.25, 0.3) is 0 Å². The van der Waals surface area contributed by atoms with Crippen LogP contribution < -0.4 is 0 Å². The standard InChI is InChI=1S/C19H47N3Si2/c1-11-15-20(16-12-2)23(7,8)22(19(5)6)24(9,10)21(17-13-3)18-14-4/h19H,11-18H2,1-10H3. The minimum absolute atomic E-state index is 0.626. The Bertz CT molecular complexity index is 293.